The van der Waals surface area contributed by atoms with Crippen molar-refractivity contribution in [2.45, 2.75) is 6.92 Å². The highest BCUT2D eigenvalue weighted by Gasteiger charge is 1.99. The molecule has 0 amide bonds. The van der Waals surface area contributed by atoms with Crippen molar-refractivity contribution in [1.82, 2.24) is 0 Å². The van der Waals surface area contributed by atoms with Crippen LogP contribution in [0.2, 0.25) is 0 Å². The van der Waals surface area contributed by atoms with E-state index in [1.54, 1.807) is 13.0 Å². The maximum atomic E-state index is 10.5. The largest absolute Gasteiger partial charge is 0.478 e. The van der Waals surface area contributed by atoms with Gasteiger partial charge in [-0.1, -0.05) is 28.1 Å². The van der Waals surface area contributed by atoms with Crippen molar-refractivity contribution in [2.75, 3.05) is 0 Å². The Morgan fingerprint density at radius 2 is 2.23 bits per heavy atom. The van der Waals surface area contributed by atoms with Gasteiger partial charge in [-0.3, -0.25) is 0 Å². The first-order valence-electron chi connectivity index (χ1n) is 3.77. The third kappa shape index (κ3) is 3.03. The van der Waals surface area contributed by atoms with E-state index in [2.05, 4.69) is 15.9 Å². The zero-order chi connectivity index (χ0) is 9.84. The summed E-state index contributed by atoms with van der Waals surface area (Å²) in [5.41, 5.74) is 1.22. The minimum absolute atomic E-state index is 0.332. The SMILES string of the molecule is CC(=Cc1cccc(Br)c1)C(=O)O. The van der Waals surface area contributed by atoms with Gasteiger partial charge in [0.05, 0.1) is 0 Å². The minimum atomic E-state index is -0.889. The van der Waals surface area contributed by atoms with Crippen LogP contribution in [0, 0.1) is 0 Å². The molecular weight excluding hydrogens is 232 g/mol. The van der Waals surface area contributed by atoms with Gasteiger partial charge in [-0.25, -0.2) is 4.79 Å². The molecule has 0 spiro atoms. The maximum Gasteiger partial charge on any atom is 0.331 e. The summed E-state index contributed by atoms with van der Waals surface area (Å²) in [4.78, 5) is 10.5. The highest BCUT2D eigenvalue weighted by molar-refractivity contribution is 9.10. The monoisotopic (exact) mass is 240 g/mol. The Balaban J connectivity index is 2.97. The predicted octanol–water partition coefficient (Wildman–Crippen LogP) is 2.94. The minimum Gasteiger partial charge on any atom is -0.478 e. The number of carboxylic acid groups (broad SMARTS) is 1. The molecule has 1 N–H and O–H groups in total. The first kappa shape index (κ1) is 9.99. The Morgan fingerprint density at radius 1 is 1.54 bits per heavy atom. The van der Waals surface area contributed by atoms with E-state index in [0.717, 1.165) is 10.0 Å². The molecule has 0 fully saturated rings. The van der Waals surface area contributed by atoms with Crippen LogP contribution in [0.4, 0.5) is 0 Å². The van der Waals surface area contributed by atoms with Gasteiger partial charge in [-0.15, -0.1) is 0 Å². The van der Waals surface area contributed by atoms with Gasteiger partial charge in [0, 0.05) is 10.0 Å². The van der Waals surface area contributed by atoms with Gasteiger partial charge < -0.3 is 5.11 Å². The second-order valence-electron chi connectivity index (χ2n) is 2.69. The number of aliphatic carboxylic acids is 1. The summed E-state index contributed by atoms with van der Waals surface area (Å²) in [5, 5.41) is 8.63. The van der Waals surface area contributed by atoms with E-state index in [1.807, 2.05) is 24.3 Å². The van der Waals surface area contributed by atoms with Crippen LogP contribution < -0.4 is 0 Å². The van der Waals surface area contributed by atoms with Crippen molar-refractivity contribution in [3.05, 3.63) is 39.9 Å². The van der Waals surface area contributed by atoms with Crippen LogP contribution in [0.15, 0.2) is 34.3 Å². The van der Waals surface area contributed by atoms with Crippen molar-refractivity contribution in [3.8, 4) is 0 Å². The van der Waals surface area contributed by atoms with Gasteiger partial charge in [-0.2, -0.15) is 0 Å². The molecule has 0 unspecified atom stereocenters. The number of rotatable bonds is 2. The Morgan fingerprint density at radius 3 is 2.77 bits per heavy atom. The molecule has 0 aliphatic carbocycles. The smallest absolute Gasteiger partial charge is 0.331 e. The van der Waals surface area contributed by atoms with Crippen LogP contribution in [0.25, 0.3) is 6.08 Å². The van der Waals surface area contributed by atoms with E-state index in [9.17, 15) is 4.79 Å². The highest BCUT2D eigenvalue weighted by Crippen LogP contribution is 2.14. The lowest BCUT2D eigenvalue weighted by Gasteiger charge is -1.96. The molecule has 3 heteroatoms. The van der Waals surface area contributed by atoms with E-state index in [4.69, 9.17) is 5.11 Å². The van der Waals surface area contributed by atoms with Crippen LogP contribution in [-0.4, -0.2) is 11.1 Å². The van der Waals surface area contributed by atoms with Gasteiger partial charge >= 0.3 is 5.97 Å². The molecule has 68 valence electrons. The van der Waals surface area contributed by atoms with Crippen LogP contribution in [0.1, 0.15) is 12.5 Å². The van der Waals surface area contributed by atoms with E-state index in [1.165, 1.54) is 0 Å². The number of benzene rings is 1. The third-order valence-electron chi connectivity index (χ3n) is 1.57. The second kappa shape index (κ2) is 4.23. The van der Waals surface area contributed by atoms with Crippen molar-refractivity contribution in [2.24, 2.45) is 0 Å². The number of carbonyl (C=O) groups is 1. The van der Waals surface area contributed by atoms with Crippen LogP contribution in [0.5, 0.6) is 0 Å². The van der Waals surface area contributed by atoms with Gasteiger partial charge in [0.15, 0.2) is 0 Å². The Bertz CT molecular complexity index is 356. The fraction of sp³-hybridized carbons (Fsp3) is 0.100. The molecule has 13 heavy (non-hydrogen) atoms. The molecule has 1 aromatic rings. The van der Waals surface area contributed by atoms with Crippen molar-refractivity contribution >= 4 is 28.0 Å². The van der Waals surface area contributed by atoms with Crippen LogP contribution >= 0.6 is 15.9 Å². The lowest BCUT2D eigenvalue weighted by molar-refractivity contribution is -0.132. The predicted molar refractivity (Wildman–Crippen MR) is 55.4 cm³/mol. The van der Waals surface area contributed by atoms with Crippen LogP contribution in [-0.2, 0) is 4.79 Å². The van der Waals surface area contributed by atoms with E-state index in [-0.39, 0.29) is 0 Å². The molecule has 0 saturated heterocycles. The molecule has 0 atom stereocenters. The standard InChI is InChI=1S/C10H9BrO2/c1-7(10(12)13)5-8-3-2-4-9(11)6-8/h2-6H,1H3,(H,12,13). The highest BCUT2D eigenvalue weighted by atomic mass is 79.9. The first-order valence-corrected chi connectivity index (χ1v) is 4.56. The van der Waals surface area contributed by atoms with Gasteiger partial charge in [0.2, 0.25) is 0 Å². The Kier molecular flexibility index (Phi) is 3.25. The maximum absolute atomic E-state index is 10.5. The summed E-state index contributed by atoms with van der Waals surface area (Å²) < 4.78 is 0.944. The van der Waals surface area contributed by atoms with Crippen molar-refractivity contribution in [3.63, 3.8) is 0 Å². The molecule has 0 aliphatic rings. The molecule has 0 aromatic heterocycles. The first-order chi connectivity index (χ1) is 6.09. The molecule has 0 heterocycles. The van der Waals surface area contributed by atoms with E-state index >= 15 is 0 Å². The van der Waals surface area contributed by atoms with E-state index < -0.39 is 5.97 Å². The Hall–Kier alpha value is -1.09. The number of carboxylic acids is 1. The number of hydrogen-bond acceptors (Lipinski definition) is 1. The lowest BCUT2D eigenvalue weighted by Crippen LogP contribution is -1.95. The zero-order valence-electron chi connectivity index (χ0n) is 7.12. The van der Waals surface area contributed by atoms with Gasteiger partial charge in [0.25, 0.3) is 0 Å². The molecule has 0 radical (unpaired) electrons. The summed E-state index contributed by atoms with van der Waals surface area (Å²) in [6, 6.07) is 7.49. The summed E-state index contributed by atoms with van der Waals surface area (Å²) in [7, 11) is 0. The quantitative estimate of drug-likeness (QED) is 0.808. The summed E-state index contributed by atoms with van der Waals surface area (Å²) in [6.07, 6.45) is 1.63. The topological polar surface area (TPSA) is 37.3 Å². The molecule has 0 saturated carbocycles. The average Bonchev–Trinajstić information content (AvgIpc) is 2.04. The molecular formula is C10H9BrO2. The lowest BCUT2D eigenvalue weighted by atomic mass is 10.1. The average molecular weight is 241 g/mol. The van der Waals surface area contributed by atoms with Crippen LogP contribution in [0.3, 0.4) is 0 Å². The number of hydrogen-bond donors (Lipinski definition) is 1. The van der Waals surface area contributed by atoms with Gasteiger partial charge in [-0.05, 0) is 30.7 Å². The molecule has 1 aromatic carbocycles. The van der Waals surface area contributed by atoms with Crippen molar-refractivity contribution < 1.29 is 9.90 Å². The van der Waals surface area contributed by atoms with Gasteiger partial charge in [0.1, 0.15) is 0 Å². The van der Waals surface area contributed by atoms with E-state index in [0.29, 0.717) is 5.57 Å². The summed E-state index contributed by atoms with van der Waals surface area (Å²) in [6.45, 7) is 1.57. The fourth-order valence-corrected chi connectivity index (χ4v) is 1.33. The fourth-order valence-electron chi connectivity index (χ4n) is 0.908. The second-order valence-corrected chi connectivity index (χ2v) is 3.60. The molecule has 1 rings (SSSR count). The Labute approximate surface area is 85.0 Å². The molecule has 0 bridgehead atoms. The number of halogens is 1. The molecule has 0 aliphatic heterocycles. The summed E-state index contributed by atoms with van der Waals surface area (Å²) >= 11 is 3.31. The zero-order valence-corrected chi connectivity index (χ0v) is 8.71. The molecule has 2 nitrogen and oxygen atoms in total. The van der Waals surface area contributed by atoms with Crippen molar-refractivity contribution in [1.29, 1.82) is 0 Å². The third-order valence-corrected chi connectivity index (χ3v) is 2.06. The normalized spacial score (nSPS) is 11.4. The summed E-state index contributed by atoms with van der Waals surface area (Å²) in [5.74, 6) is -0.889.